The zero-order valence-corrected chi connectivity index (χ0v) is 11.6. The second-order valence-electron chi connectivity index (χ2n) is 4.95. The quantitative estimate of drug-likeness (QED) is 0.774. The fourth-order valence-electron chi connectivity index (χ4n) is 2.65. The molecule has 3 aromatic rings. The molecule has 0 aliphatic heterocycles. The largest absolute Gasteiger partial charge is 0.313 e. The number of benzene rings is 2. The number of nitrogens with zero attached hydrogens (tertiary/aromatic N) is 1. The zero-order chi connectivity index (χ0) is 13.8. The lowest BCUT2D eigenvalue weighted by Crippen LogP contribution is -2.19. The third-order valence-electron chi connectivity index (χ3n) is 3.69. The van der Waals surface area contributed by atoms with E-state index in [0.717, 1.165) is 11.9 Å². The van der Waals surface area contributed by atoms with Crippen molar-refractivity contribution in [3.05, 3.63) is 78.0 Å². The second kappa shape index (κ2) is 5.85. The third kappa shape index (κ3) is 2.56. The van der Waals surface area contributed by atoms with Crippen molar-refractivity contribution < 1.29 is 0 Å². The molecule has 0 aliphatic carbocycles. The minimum Gasteiger partial charge on any atom is -0.313 e. The van der Waals surface area contributed by atoms with Crippen LogP contribution in [0, 0.1) is 0 Å². The number of fused-ring (bicyclic) bond motifs is 1. The Morgan fingerprint density at radius 2 is 1.80 bits per heavy atom. The maximum atomic E-state index is 4.44. The lowest BCUT2D eigenvalue weighted by Gasteiger charge is -2.18. The van der Waals surface area contributed by atoms with Crippen molar-refractivity contribution in [2.45, 2.75) is 12.5 Å². The van der Waals surface area contributed by atoms with Crippen molar-refractivity contribution in [1.29, 1.82) is 0 Å². The molecule has 2 aromatic carbocycles. The molecule has 0 aliphatic rings. The van der Waals surface area contributed by atoms with E-state index < -0.39 is 0 Å². The maximum absolute atomic E-state index is 4.44. The minimum atomic E-state index is 0.297. The number of pyridine rings is 1. The molecule has 1 aromatic heterocycles. The van der Waals surface area contributed by atoms with Gasteiger partial charge in [-0.15, -0.1) is 0 Å². The predicted octanol–water partition coefficient (Wildman–Crippen LogP) is 3.74. The highest BCUT2D eigenvalue weighted by Gasteiger charge is 2.13. The van der Waals surface area contributed by atoms with Gasteiger partial charge in [-0.2, -0.15) is 0 Å². The van der Waals surface area contributed by atoms with Gasteiger partial charge >= 0.3 is 0 Å². The highest BCUT2D eigenvalue weighted by molar-refractivity contribution is 5.82. The number of aromatic nitrogens is 1. The molecule has 1 N–H and O–H groups in total. The standard InChI is InChI=1S/C18H18N2/c1-19-18(13-14-7-3-2-4-8-14)16-9-5-11-17-15(16)10-6-12-20-17/h2-12,18-19H,13H2,1H3. The van der Waals surface area contributed by atoms with E-state index in [1.165, 1.54) is 16.5 Å². The van der Waals surface area contributed by atoms with Crippen LogP contribution >= 0.6 is 0 Å². The first kappa shape index (κ1) is 12.8. The molecular weight excluding hydrogens is 244 g/mol. The van der Waals surface area contributed by atoms with Gasteiger partial charge in [0.05, 0.1) is 5.52 Å². The summed E-state index contributed by atoms with van der Waals surface area (Å²) < 4.78 is 0. The molecule has 1 unspecified atom stereocenters. The van der Waals surface area contributed by atoms with E-state index in [1.807, 2.05) is 19.3 Å². The maximum Gasteiger partial charge on any atom is 0.0705 e. The summed E-state index contributed by atoms with van der Waals surface area (Å²) in [7, 11) is 2.02. The van der Waals surface area contributed by atoms with Crippen LogP contribution in [0.2, 0.25) is 0 Å². The normalized spacial score (nSPS) is 12.4. The fourth-order valence-corrected chi connectivity index (χ4v) is 2.65. The van der Waals surface area contributed by atoms with Crippen molar-refractivity contribution >= 4 is 10.9 Å². The van der Waals surface area contributed by atoms with Crippen LogP contribution in [0.3, 0.4) is 0 Å². The van der Waals surface area contributed by atoms with E-state index in [1.54, 1.807) is 0 Å². The zero-order valence-electron chi connectivity index (χ0n) is 11.6. The predicted molar refractivity (Wildman–Crippen MR) is 83.7 cm³/mol. The van der Waals surface area contributed by atoms with E-state index in [2.05, 4.69) is 64.9 Å². The highest BCUT2D eigenvalue weighted by atomic mass is 14.9. The van der Waals surface area contributed by atoms with Crippen LogP contribution < -0.4 is 5.32 Å². The molecule has 0 amide bonds. The smallest absolute Gasteiger partial charge is 0.0705 e. The number of likely N-dealkylation sites (N-methyl/N-ethyl adjacent to an activating group) is 1. The minimum absolute atomic E-state index is 0.297. The monoisotopic (exact) mass is 262 g/mol. The first-order valence-corrected chi connectivity index (χ1v) is 6.93. The first-order chi connectivity index (χ1) is 9.88. The molecule has 1 atom stereocenters. The average molecular weight is 262 g/mol. The van der Waals surface area contributed by atoms with Gasteiger partial charge in [0.1, 0.15) is 0 Å². The summed E-state index contributed by atoms with van der Waals surface area (Å²) in [6, 6.07) is 21.4. The summed E-state index contributed by atoms with van der Waals surface area (Å²) in [4.78, 5) is 4.44. The van der Waals surface area contributed by atoms with Crippen LogP contribution in [-0.2, 0) is 6.42 Å². The molecule has 0 fully saturated rings. The van der Waals surface area contributed by atoms with Crippen LogP contribution in [-0.4, -0.2) is 12.0 Å². The number of rotatable bonds is 4. The van der Waals surface area contributed by atoms with Crippen molar-refractivity contribution in [1.82, 2.24) is 10.3 Å². The van der Waals surface area contributed by atoms with Crippen molar-refractivity contribution in [3.63, 3.8) is 0 Å². The molecule has 3 rings (SSSR count). The molecule has 0 radical (unpaired) electrons. The summed E-state index contributed by atoms with van der Waals surface area (Å²) in [5.74, 6) is 0. The van der Waals surface area contributed by atoms with Gasteiger partial charge in [-0.3, -0.25) is 4.98 Å². The number of hydrogen-bond donors (Lipinski definition) is 1. The molecule has 1 heterocycles. The van der Waals surface area contributed by atoms with Crippen molar-refractivity contribution in [2.75, 3.05) is 7.05 Å². The molecule has 0 spiro atoms. The molecule has 0 bridgehead atoms. The van der Waals surface area contributed by atoms with E-state index >= 15 is 0 Å². The van der Waals surface area contributed by atoms with Crippen molar-refractivity contribution in [3.8, 4) is 0 Å². The van der Waals surface area contributed by atoms with Crippen LogP contribution in [0.1, 0.15) is 17.2 Å². The molecule has 20 heavy (non-hydrogen) atoms. The molecule has 0 saturated heterocycles. The highest BCUT2D eigenvalue weighted by Crippen LogP contribution is 2.25. The summed E-state index contributed by atoms with van der Waals surface area (Å²) in [6.07, 6.45) is 2.82. The SMILES string of the molecule is CNC(Cc1ccccc1)c1cccc2ncccc12. The lowest BCUT2D eigenvalue weighted by atomic mass is 9.96. The lowest BCUT2D eigenvalue weighted by molar-refractivity contribution is 0.596. The summed E-state index contributed by atoms with van der Waals surface area (Å²) >= 11 is 0. The van der Waals surface area contributed by atoms with Gasteiger partial charge in [0, 0.05) is 17.6 Å². The van der Waals surface area contributed by atoms with Crippen LogP contribution in [0.15, 0.2) is 66.9 Å². The Morgan fingerprint density at radius 1 is 0.950 bits per heavy atom. The van der Waals surface area contributed by atoms with Gasteiger partial charge in [-0.05, 0) is 36.7 Å². The van der Waals surface area contributed by atoms with E-state index in [9.17, 15) is 0 Å². The topological polar surface area (TPSA) is 24.9 Å². The molecule has 2 heteroatoms. The van der Waals surface area contributed by atoms with E-state index in [0.29, 0.717) is 6.04 Å². The Balaban J connectivity index is 1.99. The summed E-state index contributed by atoms with van der Waals surface area (Å²) in [6.45, 7) is 0. The second-order valence-corrected chi connectivity index (χ2v) is 4.95. The molecular formula is C18H18N2. The number of hydrogen-bond acceptors (Lipinski definition) is 2. The summed E-state index contributed by atoms with van der Waals surface area (Å²) in [5, 5.41) is 4.66. The number of nitrogens with one attached hydrogen (secondary N) is 1. The Bertz CT molecular complexity index is 687. The van der Waals surface area contributed by atoms with Crippen molar-refractivity contribution in [2.24, 2.45) is 0 Å². The van der Waals surface area contributed by atoms with Gasteiger partial charge in [-0.1, -0.05) is 48.5 Å². The summed E-state index contributed by atoms with van der Waals surface area (Å²) in [5.41, 5.74) is 3.70. The Kier molecular flexibility index (Phi) is 3.75. The van der Waals surface area contributed by atoms with Gasteiger partial charge < -0.3 is 5.32 Å². The van der Waals surface area contributed by atoms with Crippen LogP contribution in [0.4, 0.5) is 0 Å². The van der Waals surface area contributed by atoms with E-state index in [4.69, 9.17) is 0 Å². The Morgan fingerprint density at radius 3 is 2.60 bits per heavy atom. The van der Waals surface area contributed by atoms with E-state index in [-0.39, 0.29) is 0 Å². The van der Waals surface area contributed by atoms with Crippen LogP contribution in [0.5, 0.6) is 0 Å². The fraction of sp³-hybridized carbons (Fsp3) is 0.167. The molecule has 0 saturated carbocycles. The molecule has 2 nitrogen and oxygen atoms in total. The Labute approximate surface area is 119 Å². The first-order valence-electron chi connectivity index (χ1n) is 6.93. The average Bonchev–Trinajstić information content (AvgIpc) is 2.53. The third-order valence-corrected chi connectivity index (χ3v) is 3.69. The van der Waals surface area contributed by atoms with Gasteiger partial charge in [-0.25, -0.2) is 0 Å². The Hall–Kier alpha value is -2.19. The van der Waals surface area contributed by atoms with Gasteiger partial charge in [0.2, 0.25) is 0 Å². The van der Waals surface area contributed by atoms with Crippen LogP contribution in [0.25, 0.3) is 10.9 Å². The van der Waals surface area contributed by atoms with Gasteiger partial charge in [0.15, 0.2) is 0 Å². The molecule has 100 valence electrons. The van der Waals surface area contributed by atoms with Gasteiger partial charge in [0.25, 0.3) is 0 Å².